The van der Waals surface area contributed by atoms with Crippen molar-refractivity contribution in [2.75, 3.05) is 0 Å². The van der Waals surface area contributed by atoms with E-state index in [2.05, 4.69) is 25.1 Å². The van der Waals surface area contributed by atoms with Gasteiger partial charge < -0.3 is 5.32 Å². The molecule has 74 valence electrons. The first-order valence-corrected chi connectivity index (χ1v) is 4.99. The van der Waals surface area contributed by atoms with Crippen molar-refractivity contribution in [1.82, 2.24) is 5.32 Å². The van der Waals surface area contributed by atoms with Crippen LogP contribution in [0.3, 0.4) is 0 Å². The zero-order chi connectivity index (χ0) is 10.6. The van der Waals surface area contributed by atoms with Gasteiger partial charge in [-0.3, -0.25) is 0 Å². The molecule has 0 fully saturated rings. The van der Waals surface area contributed by atoms with Gasteiger partial charge in [0.05, 0.1) is 0 Å². The lowest BCUT2D eigenvalue weighted by molar-refractivity contribution is 0.588. The van der Waals surface area contributed by atoms with Crippen molar-refractivity contribution in [1.29, 1.82) is 0 Å². The van der Waals surface area contributed by atoms with Crippen molar-refractivity contribution in [3.63, 3.8) is 0 Å². The molecule has 1 rings (SSSR count). The highest BCUT2D eigenvalue weighted by atomic mass is 35.5. The molecule has 0 heterocycles. The van der Waals surface area contributed by atoms with Crippen molar-refractivity contribution >= 4 is 11.6 Å². The van der Waals surface area contributed by atoms with Crippen LogP contribution >= 0.6 is 11.6 Å². The third kappa shape index (κ3) is 3.06. The number of terminal acetylenes is 1. The fourth-order valence-corrected chi connectivity index (χ4v) is 1.32. The van der Waals surface area contributed by atoms with Crippen LogP contribution in [0.4, 0.5) is 0 Å². The van der Waals surface area contributed by atoms with Crippen LogP contribution in [-0.2, 0) is 6.54 Å². The normalized spacial score (nSPS) is 10.2. The average Bonchev–Trinajstić information content (AvgIpc) is 2.15. The van der Waals surface area contributed by atoms with Gasteiger partial charge in [-0.05, 0) is 17.7 Å². The summed E-state index contributed by atoms with van der Waals surface area (Å²) in [5.41, 5.74) is 1.98. The largest absolute Gasteiger partial charge is 0.310 e. The molecule has 14 heavy (non-hydrogen) atoms. The number of rotatable bonds is 3. The van der Waals surface area contributed by atoms with Gasteiger partial charge in [-0.15, -0.1) is 6.42 Å². The highest BCUT2D eigenvalue weighted by Gasteiger charge is 2.01. The first-order chi connectivity index (χ1) is 6.63. The molecule has 0 atom stereocenters. The van der Waals surface area contributed by atoms with E-state index in [1.54, 1.807) is 0 Å². The summed E-state index contributed by atoms with van der Waals surface area (Å²) in [5, 5.41) is 4.00. The number of benzene rings is 1. The van der Waals surface area contributed by atoms with E-state index >= 15 is 0 Å². The predicted octanol–water partition coefficient (Wildman–Crippen LogP) is 2.82. The Morgan fingerprint density at radius 2 is 2.21 bits per heavy atom. The molecule has 0 saturated heterocycles. The lowest BCUT2D eigenvalue weighted by Gasteiger charge is -2.09. The third-order valence-electron chi connectivity index (χ3n) is 1.93. The fraction of sp³-hybridized carbons (Fsp3) is 0.333. The number of nitrogens with one attached hydrogen (secondary N) is 1. The molecule has 0 radical (unpaired) electrons. The van der Waals surface area contributed by atoms with E-state index in [-0.39, 0.29) is 0 Å². The molecular formula is C12H14ClN. The van der Waals surface area contributed by atoms with Crippen LogP contribution in [0.25, 0.3) is 0 Å². The average molecular weight is 208 g/mol. The SMILES string of the molecule is C#Cc1cc(Cl)ccc1CNC(C)C. The van der Waals surface area contributed by atoms with E-state index in [0.717, 1.165) is 17.7 Å². The Labute approximate surface area is 90.5 Å². The topological polar surface area (TPSA) is 12.0 Å². The second-order valence-corrected chi connectivity index (χ2v) is 3.92. The molecule has 1 aromatic rings. The first kappa shape index (κ1) is 11.1. The number of halogens is 1. The molecule has 0 aromatic heterocycles. The molecule has 0 aliphatic heterocycles. The lowest BCUT2D eigenvalue weighted by Crippen LogP contribution is -2.22. The van der Waals surface area contributed by atoms with E-state index in [9.17, 15) is 0 Å². The molecule has 0 unspecified atom stereocenters. The maximum atomic E-state index is 5.84. The molecule has 2 heteroatoms. The molecule has 1 aromatic carbocycles. The summed E-state index contributed by atoms with van der Waals surface area (Å²) in [7, 11) is 0. The minimum absolute atomic E-state index is 0.455. The molecular weight excluding hydrogens is 194 g/mol. The number of hydrogen-bond donors (Lipinski definition) is 1. The van der Waals surface area contributed by atoms with Crippen LogP contribution in [0.2, 0.25) is 5.02 Å². The molecule has 0 aliphatic rings. The second kappa shape index (κ2) is 5.05. The molecule has 0 aliphatic carbocycles. The summed E-state index contributed by atoms with van der Waals surface area (Å²) in [6.07, 6.45) is 5.39. The zero-order valence-electron chi connectivity index (χ0n) is 8.47. The van der Waals surface area contributed by atoms with Gasteiger partial charge in [0.15, 0.2) is 0 Å². The van der Waals surface area contributed by atoms with Crippen LogP contribution in [-0.4, -0.2) is 6.04 Å². The molecule has 0 amide bonds. The monoisotopic (exact) mass is 207 g/mol. The summed E-state index contributed by atoms with van der Waals surface area (Å²) < 4.78 is 0. The Morgan fingerprint density at radius 3 is 2.79 bits per heavy atom. The highest BCUT2D eigenvalue weighted by molar-refractivity contribution is 6.30. The Kier molecular flexibility index (Phi) is 4.00. The summed E-state index contributed by atoms with van der Waals surface area (Å²) in [4.78, 5) is 0. The van der Waals surface area contributed by atoms with Gasteiger partial charge in [0.1, 0.15) is 0 Å². The lowest BCUT2D eigenvalue weighted by atomic mass is 10.1. The van der Waals surface area contributed by atoms with E-state index in [0.29, 0.717) is 11.1 Å². The second-order valence-electron chi connectivity index (χ2n) is 3.48. The molecule has 0 saturated carbocycles. The smallest absolute Gasteiger partial charge is 0.0418 e. The molecule has 1 N–H and O–H groups in total. The Bertz CT molecular complexity index is 350. The van der Waals surface area contributed by atoms with E-state index in [4.69, 9.17) is 18.0 Å². The molecule has 0 bridgehead atoms. The Morgan fingerprint density at radius 1 is 1.50 bits per heavy atom. The van der Waals surface area contributed by atoms with Gasteiger partial charge >= 0.3 is 0 Å². The van der Waals surface area contributed by atoms with Crippen molar-refractivity contribution in [3.05, 3.63) is 34.3 Å². The quantitative estimate of drug-likeness (QED) is 0.752. The van der Waals surface area contributed by atoms with Crippen molar-refractivity contribution in [3.8, 4) is 12.3 Å². The van der Waals surface area contributed by atoms with Crippen LogP contribution in [0.1, 0.15) is 25.0 Å². The van der Waals surface area contributed by atoms with Crippen molar-refractivity contribution in [2.45, 2.75) is 26.4 Å². The van der Waals surface area contributed by atoms with E-state index < -0.39 is 0 Å². The highest BCUT2D eigenvalue weighted by Crippen LogP contribution is 2.15. The zero-order valence-corrected chi connectivity index (χ0v) is 9.23. The minimum atomic E-state index is 0.455. The summed E-state index contributed by atoms with van der Waals surface area (Å²) in [5.74, 6) is 2.64. The molecule has 0 spiro atoms. The summed E-state index contributed by atoms with van der Waals surface area (Å²) >= 11 is 5.84. The van der Waals surface area contributed by atoms with E-state index in [1.807, 2.05) is 18.2 Å². The van der Waals surface area contributed by atoms with Gasteiger partial charge in [0.25, 0.3) is 0 Å². The molecule has 1 nitrogen and oxygen atoms in total. The van der Waals surface area contributed by atoms with Crippen LogP contribution in [0, 0.1) is 12.3 Å². The van der Waals surface area contributed by atoms with Gasteiger partial charge in [0.2, 0.25) is 0 Å². The van der Waals surface area contributed by atoms with Crippen molar-refractivity contribution in [2.24, 2.45) is 0 Å². The summed E-state index contributed by atoms with van der Waals surface area (Å²) in [6.45, 7) is 4.99. The maximum Gasteiger partial charge on any atom is 0.0418 e. The minimum Gasteiger partial charge on any atom is -0.310 e. The van der Waals surface area contributed by atoms with Crippen LogP contribution in [0.15, 0.2) is 18.2 Å². The van der Waals surface area contributed by atoms with E-state index in [1.165, 1.54) is 0 Å². The van der Waals surface area contributed by atoms with Crippen LogP contribution < -0.4 is 5.32 Å². The van der Waals surface area contributed by atoms with Gasteiger partial charge in [-0.2, -0.15) is 0 Å². The first-order valence-electron chi connectivity index (χ1n) is 4.62. The Hall–Kier alpha value is -0.970. The summed E-state index contributed by atoms with van der Waals surface area (Å²) in [6, 6.07) is 6.10. The fourth-order valence-electron chi connectivity index (χ4n) is 1.15. The van der Waals surface area contributed by atoms with Crippen molar-refractivity contribution < 1.29 is 0 Å². The maximum absolute atomic E-state index is 5.84. The number of hydrogen-bond acceptors (Lipinski definition) is 1. The van der Waals surface area contributed by atoms with Gasteiger partial charge in [-0.25, -0.2) is 0 Å². The van der Waals surface area contributed by atoms with Crippen LogP contribution in [0.5, 0.6) is 0 Å². The predicted molar refractivity (Wildman–Crippen MR) is 61.4 cm³/mol. The standard InChI is InChI=1S/C12H14ClN/c1-4-10-7-12(13)6-5-11(10)8-14-9(2)3/h1,5-7,9,14H,8H2,2-3H3. The third-order valence-corrected chi connectivity index (χ3v) is 2.16. The van der Waals surface area contributed by atoms with Gasteiger partial charge in [0, 0.05) is 23.2 Å². The Balaban J connectivity index is 2.82. The van der Waals surface area contributed by atoms with Gasteiger partial charge in [-0.1, -0.05) is 37.4 Å².